The number of carbonyl (C=O) groups excluding carboxylic acids is 1. The number of aromatic nitrogens is 5. The highest BCUT2D eigenvalue weighted by atomic mass is 19.1. The molecule has 4 heterocycles. The number of hydrogen-bond donors (Lipinski definition) is 1. The average Bonchev–Trinajstić information content (AvgIpc) is 3.53. The zero-order chi connectivity index (χ0) is 24.1. The summed E-state index contributed by atoms with van der Waals surface area (Å²) in [6.07, 6.45) is 7.85. The van der Waals surface area contributed by atoms with Crippen molar-refractivity contribution in [3.8, 4) is 0 Å². The number of halogens is 1. The highest BCUT2D eigenvalue weighted by Crippen LogP contribution is 2.37. The molecule has 1 amide bonds. The van der Waals surface area contributed by atoms with E-state index in [4.69, 9.17) is 9.31 Å². The van der Waals surface area contributed by atoms with Gasteiger partial charge in [-0.15, -0.1) is 5.10 Å². The molecule has 34 heavy (non-hydrogen) atoms. The topological polar surface area (TPSA) is 98.2 Å². The number of fused-ring (bicyclic) bond motifs is 1. The van der Waals surface area contributed by atoms with E-state index in [9.17, 15) is 4.79 Å². The normalized spacial score (nSPS) is 19.6. The third-order valence-electron chi connectivity index (χ3n) is 7.09. The van der Waals surface area contributed by atoms with Gasteiger partial charge in [0.1, 0.15) is 5.52 Å². The minimum absolute atomic E-state index is 0.00434. The number of hydrogen-bond acceptors (Lipinski definition) is 6. The lowest BCUT2D eigenvalue weighted by atomic mass is 9.75. The molecule has 1 saturated heterocycles. The van der Waals surface area contributed by atoms with E-state index in [1.165, 1.54) is 0 Å². The summed E-state index contributed by atoms with van der Waals surface area (Å²) in [5.41, 5.74) is 1.15. The zero-order valence-electron chi connectivity index (χ0n) is 19.8. The van der Waals surface area contributed by atoms with Gasteiger partial charge in [0.15, 0.2) is 5.82 Å². The van der Waals surface area contributed by atoms with Gasteiger partial charge >= 0.3 is 7.12 Å². The lowest BCUT2D eigenvalue weighted by Crippen LogP contribution is -2.41. The Morgan fingerprint density at radius 2 is 2.03 bits per heavy atom. The van der Waals surface area contributed by atoms with E-state index in [1.807, 2.05) is 33.8 Å². The zero-order valence-corrected chi connectivity index (χ0v) is 19.8. The van der Waals surface area contributed by atoms with Crippen LogP contribution in [-0.2, 0) is 20.6 Å². The standard InChI is InChI=1S/C23H28BFN6O3/c1-22(2)23(3,4)34-24(33-22)18-12-16(20(25)21-17(18)13-27-28-21)15-6-5-9-30(14-15)19(32)7-10-31-11-8-26-29-31/h6,8,11-13H,5,7,9-10,14H2,1-4H3,(H,27,28). The molecule has 11 heteroatoms. The first-order valence-electron chi connectivity index (χ1n) is 11.5. The highest BCUT2D eigenvalue weighted by Gasteiger charge is 2.52. The van der Waals surface area contributed by atoms with Crippen molar-refractivity contribution in [2.75, 3.05) is 13.1 Å². The van der Waals surface area contributed by atoms with Crippen LogP contribution in [0.2, 0.25) is 0 Å². The van der Waals surface area contributed by atoms with Crippen LogP contribution in [0.25, 0.3) is 16.5 Å². The van der Waals surface area contributed by atoms with Gasteiger partial charge in [0.2, 0.25) is 5.91 Å². The fourth-order valence-electron chi connectivity index (χ4n) is 4.37. The first kappa shape index (κ1) is 22.7. The molecule has 0 spiro atoms. The maximum Gasteiger partial charge on any atom is 0.495 e. The van der Waals surface area contributed by atoms with E-state index < -0.39 is 24.1 Å². The molecule has 1 fully saturated rings. The third-order valence-corrected chi connectivity index (χ3v) is 7.09. The Morgan fingerprint density at radius 3 is 2.74 bits per heavy atom. The molecule has 2 aromatic heterocycles. The lowest BCUT2D eigenvalue weighted by molar-refractivity contribution is -0.131. The van der Waals surface area contributed by atoms with Gasteiger partial charge in [-0.2, -0.15) is 5.10 Å². The van der Waals surface area contributed by atoms with Crippen LogP contribution < -0.4 is 5.46 Å². The Morgan fingerprint density at radius 1 is 1.26 bits per heavy atom. The minimum atomic E-state index is -0.658. The number of aromatic amines is 1. The van der Waals surface area contributed by atoms with E-state index in [0.29, 0.717) is 54.4 Å². The van der Waals surface area contributed by atoms with Crippen LogP contribution in [-0.4, -0.2) is 67.4 Å². The summed E-state index contributed by atoms with van der Waals surface area (Å²) in [6, 6.07) is 1.78. The number of carbonyl (C=O) groups is 1. The number of H-pyrrole nitrogens is 1. The molecule has 2 aliphatic heterocycles. The summed E-state index contributed by atoms with van der Waals surface area (Å²) in [5, 5.41) is 15.1. The van der Waals surface area contributed by atoms with Gasteiger partial charge in [0.25, 0.3) is 0 Å². The number of amides is 1. The molecule has 0 atom stereocenters. The van der Waals surface area contributed by atoms with E-state index in [-0.39, 0.29) is 5.91 Å². The molecule has 0 bridgehead atoms. The van der Waals surface area contributed by atoms with Crippen LogP contribution in [0.5, 0.6) is 0 Å². The second-order valence-corrected chi connectivity index (χ2v) is 9.82. The molecule has 2 aliphatic rings. The first-order valence-corrected chi connectivity index (χ1v) is 11.5. The van der Waals surface area contributed by atoms with Gasteiger partial charge in [0, 0.05) is 36.7 Å². The van der Waals surface area contributed by atoms with Gasteiger partial charge in [-0.1, -0.05) is 17.4 Å². The van der Waals surface area contributed by atoms with Gasteiger partial charge in [-0.05, 0) is 45.2 Å². The summed E-state index contributed by atoms with van der Waals surface area (Å²) in [6.45, 7) is 9.31. The lowest BCUT2D eigenvalue weighted by Gasteiger charge is -2.32. The van der Waals surface area contributed by atoms with Crippen molar-refractivity contribution in [2.45, 2.75) is 58.3 Å². The van der Waals surface area contributed by atoms with Crippen molar-refractivity contribution in [2.24, 2.45) is 0 Å². The maximum atomic E-state index is 15.6. The smallest absolute Gasteiger partial charge is 0.399 e. The van der Waals surface area contributed by atoms with E-state index in [2.05, 4.69) is 20.5 Å². The Labute approximate surface area is 197 Å². The molecular weight excluding hydrogens is 438 g/mol. The summed E-state index contributed by atoms with van der Waals surface area (Å²) in [7, 11) is -0.658. The molecule has 0 unspecified atom stereocenters. The largest absolute Gasteiger partial charge is 0.495 e. The molecule has 1 N–H and O–H groups in total. The number of rotatable bonds is 5. The number of nitrogens with one attached hydrogen (secondary N) is 1. The number of nitrogens with zero attached hydrogens (tertiary/aromatic N) is 5. The molecule has 3 aromatic rings. The summed E-state index contributed by atoms with van der Waals surface area (Å²) >= 11 is 0. The third kappa shape index (κ3) is 3.92. The summed E-state index contributed by atoms with van der Waals surface area (Å²) in [4.78, 5) is 14.6. The van der Waals surface area contributed by atoms with Crippen LogP contribution >= 0.6 is 0 Å². The predicted molar refractivity (Wildman–Crippen MR) is 126 cm³/mol. The molecule has 1 aromatic carbocycles. The Hall–Kier alpha value is -3.05. The van der Waals surface area contributed by atoms with E-state index in [1.54, 1.807) is 34.2 Å². The molecule has 178 valence electrons. The van der Waals surface area contributed by atoms with E-state index in [0.717, 1.165) is 5.57 Å². The van der Waals surface area contributed by atoms with Gasteiger partial charge in [-0.3, -0.25) is 14.6 Å². The number of benzene rings is 1. The monoisotopic (exact) mass is 466 g/mol. The first-order chi connectivity index (χ1) is 16.2. The molecule has 9 nitrogen and oxygen atoms in total. The van der Waals surface area contributed by atoms with Crippen LogP contribution in [0.3, 0.4) is 0 Å². The van der Waals surface area contributed by atoms with E-state index >= 15 is 4.39 Å². The Kier molecular flexibility index (Phi) is 5.56. The summed E-state index contributed by atoms with van der Waals surface area (Å²) < 4.78 is 29.7. The predicted octanol–water partition coefficient (Wildman–Crippen LogP) is 2.30. The number of aryl methyl sites for hydroxylation is 1. The maximum absolute atomic E-state index is 15.6. The van der Waals surface area contributed by atoms with Gasteiger partial charge in [0.05, 0.1) is 30.1 Å². The van der Waals surface area contributed by atoms with Gasteiger partial charge in [-0.25, -0.2) is 4.39 Å². The van der Waals surface area contributed by atoms with Crippen molar-refractivity contribution < 1.29 is 18.5 Å². The quantitative estimate of drug-likeness (QED) is 0.580. The van der Waals surface area contributed by atoms with Crippen molar-refractivity contribution in [3.63, 3.8) is 0 Å². The highest BCUT2D eigenvalue weighted by molar-refractivity contribution is 6.65. The van der Waals surface area contributed by atoms with Gasteiger partial charge < -0.3 is 14.2 Å². The molecular formula is C23H28BFN6O3. The minimum Gasteiger partial charge on any atom is -0.399 e. The van der Waals surface area contributed by atoms with Crippen molar-refractivity contribution >= 4 is 35.0 Å². The van der Waals surface area contributed by atoms with Crippen molar-refractivity contribution in [1.82, 2.24) is 30.1 Å². The Balaban J connectivity index is 1.43. The van der Waals surface area contributed by atoms with Crippen LogP contribution in [0.1, 0.15) is 46.1 Å². The van der Waals surface area contributed by atoms with Crippen LogP contribution in [0.4, 0.5) is 4.39 Å². The fourth-order valence-corrected chi connectivity index (χ4v) is 4.37. The van der Waals surface area contributed by atoms with Crippen LogP contribution in [0.15, 0.2) is 30.7 Å². The summed E-state index contributed by atoms with van der Waals surface area (Å²) in [5.74, 6) is -0.397. The fraction of sp³-hybridized carbons (Fsp3) is 0.478. The second-order valence-electron chi connectivity index (χ2n) is 9.82. The molecule has 5 rings (SSSR count). The molecule has 0 aliphatic carbocycles. The second kappa shape index (κ2) is 8.32. The van der Waals surface area contributed by atoms with Crippen molar-refractivity contribution in [1.29, 1.82) is 0 Å². The van der Waals surface area contributed by atoms with Crippen LogP contribution in [0, 0.1) is 5.82 Å². The van der Waals surface area contributed by atoms with Crippen molar-refractivity contribution in [3.05, 3.63) is 42.1 Å². The molecule has 0 saturated carbocycles. The SMILES string of the molecule is CC1(C)OB(c2cc(C3=CCCN(C(=O)CCn4ccnn4)C3)c(F)c3[nH]ncc23)OC1(C)C. The average molecular weight is 466 g/mol. The molecule has 0 radical (unpaired) electrons. The Bertz CT molecular complexity index is 1240.